The minimum atomic E-state index is -0.0264. The molecular weight excluding hydrogens is 270 g/mol. The molecule has 2 aromatic carbocycles. The molecule has 0 spiro atoms. The van der Waals surface area contributed by atoms with E-state index in [-0.39, 0.29) is 11.7 Å². The fourth-order valence-electron chi connectivity index (χ4n) is 3.02. The molecule has 2 nitrogen and oxygen atoms in total. The molecule has 1 aliphatic carbocycles. The Morgan fingerprint density at radius 1 is 1.15 bits per heavy atom. The number of nitrogens with one attached hydrogen (secondary N) is 1. The minimum absolute atomic E-state index is 0.0264. The van der Waals surface area contributed by atoms with Crippen LogP contribution in [0.1, 0.15) is 27.4 Å². The maximum atomic E-state index is 12.7. The summed E-state index contributed by atoms with van der Waals surface area (Å²) in [6, 6.07) is 13.8. The summed E-state index contributed by atoms with van der Waals surface area (Å²) in [5.74, 6) is 0.129. The highest BCUT2D eigenvalue weighted by atomic mass is 35.5. The van der Waals surface area contributed by atoms with Crippen LogP contribution in [-0.4, -0.2) is 10.8 Å². The molecule has 0 aliphatic heterocycles. The predicted molar refractivity (Wildman–Crippen MR) is 80.5 cm³/mol. The van der Waals surface area contributed by atoms with Crippen molar-refractivity contribution in [3.05, 3.63) is 70.4 Å². The Kier molecular flexibility index (Phi) is 2.48. The fourth-order valence-corrected chi connectivity index (χ4v) is 3.29. The van der Waals surface area contributed by atoms with E-state index < -0.39 is 0 Å². The van der Waals surface area contributed by atoms with Crippen LogP contribution in [0.15, 0.2) is 48.7 Å². The van der Waals surface area contributed by atoms with E-state index in [1.54, 1.807) is 6.20 Å². The Hall–Kier alpha value is -2.06. The van der Waals surface area contributed by atoms with E-state index in [1.807, 2.05) is 36.4 Å². The van der Waals surface area contributed by atoms with Gasteiger partial charge in [-0.25, -0.2) is 0 Å². The molecule has 1 aliphatic rings. The van der Waals surface area contributed by atoms with Crippen LogP contribution in [0.3, 0.4) is 0 Å². The van der Waals surface area contributed by atoms with Crippen molar-refractivity contribution >= 4 is 28.3 Å². The van der Waals surface area contributed by atoms with Crippen LogP contribution in [-0.2, 0) is 6.42 Å². The topological polar surface area (TPSA) is 32.9 Å². The monoisotopic (exact) mass is 281 g/mol. The average molecular weight is 282 g/mol. The number of Topliss-reactive ketones (excluding diaryl/α,β-unsaturated/α-hetero) is 1. The van der Waals surface area contributed by atoms with Crippen LogP contribution in [0.2, 0.25) is 5.02 Å². The predicted octanol–water partition coefficient (Wildman–Crippen LogP) is 4.34. The highest BCUT2D eigenvalue weighted by Crippen LogP contribution is 2.39. The Morgan fingerprint density at radius 2 is 2.00 bits per heavy atom. The first kappa shape index (κ1) is 11.7. The van der Waals surface area contributed by atoms with Gasteiger partial charge in [0.1, 0.15) is 0 Å². The zero-order valence-electron chi connectivity index (χ0n) is 10.7. The number of carbonyl (C=O) groups excluding carboxylic acids is 1. The summed E-state index contributed by atoms with van der Waals surface area (Å²) in [6.45, 7) is 0. The molecule has 0 saturated heterocycles. The van der Waals surface area contributed by atoms with Gasteiger partial charge in [0, 0.05) is 22.7 Å². The summed E-state index contributed by atoms with van der Waals surface area (Å²) < 4.78 is 0. The zero-order chi connectivity index (χ0) is 13.7. The number of aromatic amines is 1. The number of aromatic nitrogens is 1. The molecule has 98 valence electrons. The van der Waals surface area contributed by atoms with Crippen molar-refractivity contribution in [2.75, 3.05) is 0 Å². The van der Waals surface area contributed by atoms with E-state index >= 15 is 0 Å². The van der Waals surface area contributed by atoms with E-state index in [1.165, 1.54) is 5.56 Å². The van der Waals surface area contributed by atoms with E-state index in [4.69, 9.17) is 11.6 Å². The summed E-state index contributed by atoms with van der Waals surface area (Å²) in [6.07, 6.45) is 2.60. The standard InChI is InChI=1S/C17H12ClNO/c18-14-6-3-7-15-16(14)13(9-19-15)17(20)12-8-10-4-1-2-5-11(10)12/h1-7,9,12,19H,8H2. The number of H-pyrrole nitrogens is 1. The number of ketones is 1. The van der Waals surface area contributed by atoms with Crippen LogP contribution in [0.4, 0.5) is 0 Å². The maximum absolute atomic E-state index is 12.7. The summed E-state index contributed by atoms with van der Waals surface area (Å²) in [7, 11) is 0. The van der Waals surface area contributed by atoms with E-state index in [0.717, 1.165) is 22.9 Å². The van der Waals surface area contributed by atoms with Gasteiger partial charge in [-0.15, -0.1) is 0 Å². The second kappa shape index (κ2) is 4.22. The quantitative estimate of drug-likeness (QED) is 0.696. The lowest BCUT2D eigenvalue weighted by Gasteiger charge is -2.28. The molecule has 0 bridgehead atoms. The van der Waals surface area contributed by atoms with Gasteiger partial charge >= 0.3 is 0 Å². The van der Waals surface area contributed by atoms with Crippen molar-refractivity contribution in [3.8, 4) is 0 Å². The molecule has 3 heteroatoms. The number of halogens is 1. The van der Waals surface area contributed by atoms with Gasteiger partial charge in [0.05, 0.1) is 10.9 Å². The first-order chi connectivity index (χ1) is 9.75. The third-order valence-electron chi connectivity index (χ3n) is 4.09. The minimum Gasteiger partial charge on any atom is -0.360 e. The van der Waals surface area contributed by atoms with Gasteiger partial charge in [-0.2, -0.15) is 0 Å². The van der Waals surface area contributed by atoms with Gasteiger partial charge in [-0.3, -0.25) is 4.79 Å². The van der Waals surface area contributed by atoms with Gasteiger partial charge in [0.2, 0.25) is 0 Å². The Balaban J connectivity index is 1.80. The number of fused-ring (bicyclic) bond motifs is 2. The molecule has 20 heavy (non-hydrogen) atoms. The first-order valence-electron chi connectivity index (χ1n) is 6.63. The number of hydrogen-bond donors (Lipinski definition) is 1. The number of hydrogen-bond acceptors (Lipinski definition) is 1. The summed E-state index contributed by atoms with van der Waals surface area (Å²) in [5, 5.41) is 1.46. The van der Waals surface area contributed by atoms with Gasteiger partial charge < -0.3 is 4.98 Å². The molecule has 1 aromatic heterocycles. The molecule has 3 aromatic rings. The van der Waals surface area contributed by atoms with E-state index in [0.29, 0.717) is 10.6 Å². The molecule has 0 fully saturated rings. The van der Waals surface area contributed by atoms with Crippen molar-refractivity contribution in [1.82, 2.24) is 4.98 Å². The first-order valence-corrected chi connectivity index (χ1v) is 7.01. The lowest BCUT2D eigenvalue weighted by Crippen LogP contribution is -2.25. The molecule has 0 radical (unpaired) electrons. The fraction of sp³-hybridized carbons (Fsp3) is 0.118. The molecular formula is C17H12ClNO. The molecule has 0 saturated carbocycles. The van der Waals surface area contributed by atoms with Crippen molar-refractivity contribution in [1.29, 1.82) is 0 Å². The molecule has 1 atom stereocenters. The molecule has 1 unspecified atom stereocenters. The smallest absolute Gasteiger partial charge is 0.172 e. The SMILES string of the molecule is O=C(c1c[nH]c2cccc(Cl)c12)C1Cc2ccccc21. The maximum Gasteiger partial charge on any atom is 0.172 e. The normalized spacial score (nSPS) is 16.8. The second-order valence-electron chi connectivity index (χ2n) is 5.18. The number of rotatable bonds is 2. The number of carbonyl (C=O) groups is 1. The summed E-state index contributed by atoms with van der Waals surface area (Å²) in [4.78, 5) is 15.9. The second-order valence-corrected chi connectivity index (χ2v) is 5.59. The third kappa shape index (κ3) is 1.55. The lowest BCUT2D eigenvalue weighted by molar-refractivity contribution is 0.0950. The van der Waals surface area contributed by atoms with Crippen LogP contribution < -0.4 is 0 Å². The highest BCUT2D eigenvalue weighted by Gasteiger charge is 2.33. The van der Waals surface area contributed by atoms with Crippen LogP contribution in [0.25, 0.3) is 10.9 Å². The van der Waals surface area contributed by atoms with Gasteiger partial charge in [0.25, 0.3) is 0 Å². The highest BCUT2D eigenvalue weighted by molar-refractivity contribution is 6.37. The van der Waals surface area contributed by atoms with Gasteiger partial charge in [-0.1, -0.05) is 41.9 Å². The zero-order valence-corrected chi connectivity index (χ0v) is 11.4. The van der Waals surface area contributed by atoms with Gasteiger partial charge in [0.15, 0.2) is 5.78 Å². The van der Waals surface area contributed by atoms with Crippen LogP contribution >= 0.6 is 11.6 Å². The van der Waals surface area contributed by atoms with Crippen molar-refractivity contribution in [3.63, 3.8) is 0 Å². The Labute approximate surface area is 121 Å². The summed E-state index contributed by atoms with van der Waals surface area (Å²) in [5.41, 5.74) is 4.04. The molecule has 4 rings (SSSR count). The summed E-state index contributed by atoms with van der Waals surface area (Å²) >= 11 is 6.24. The van der Waals surface area contributed by atoms with Crippen LogP contribution in [0, 0.1) is 0 Å². The number of benzene rings is 2. The Bertz CT molecular complexity index is 834. The van der Waals surface area contributed by atoms with E-state index in [2.05, 4.69) is 11.1 Å². The van der Waals surface area contributed by atoms with Crippen molar-refractivity contribution in [2.45, 2.75) is 12.3 Å². The van der Waals surface area contributed by atoms with Crippen molar-refractivity contribution < 1.29 is 4.79 Å². The van der Waals surface area contributed by atoms with Crippen LogP contribution in [0.5, 0.6) is 0 Å². The third-order valence-corrected chi connectivity index (χ3v) is 4.41. The molecule has 0 amide bonds. The lowest BCUT2D eigenvalue weighted by atomic mass is 9.74. The molecule has 1 heterocycles. The largest absolute Gasteiger partial charge is 0.360 e. The van der Waals surface area contributed by atoms with Gasteiger partial charge in [-0.05, 0) is 29.7 Å². The molecule has 1 N–H and O–H groups in total. The van der Waals surface area contributed by atoms with E-state index in [9.17, 15) is 4.79 Å². The van der Waals surface area contributed by atoms with Crippen molar-refractivity contribution in [2.24, 2.45) is 0 Å². The average Bonchev–Trinajstić information content (AvgIpc) is 2.85. The Morgan fingerprint density at radius 3 is 2.85 bits per heavy atom.